The van der Waals surface area contributed by atoms with E-state index in [1.54, 1.807) is 32.0 Å². The summed E-state index contributed by atoms with van der Waals surface area (Å²) < 4.78 is 47.8. The van der Waals surface area contributed by atoms with Crippen LogP contribution in [0.3, 0.4) is 0 Å². The molecule has 0 bridgehead atoms. The fourth-order valence-electron chi connectivity index (χ4n) is 4.09. The first kappa shape index (κ1) is 33.2. The minimum atomic E-state index is -4.31. The van der Waals surface area contributed by atoms with Crippen molar-refractivity contribution >= 4 is 50.7 Å². The molecule has 0 saturated heterocycles. The van der Waals surface area contributed by atoms with Crippen LogP contribution in [0.2, 0.25) is 10.0 Å². The number of unbranched alkanes of at least 4 members (excludes halogenated alkanes) is 1. The van der Waals surface area contributed by atoms with Gasteiger partial charge in [-0.05, 0) is 86.5 Å². The lowest BCUT2D eigenvalue weighted by Gasteiger charge is -2.32. The van der Waals surface area contributed by atoms with Gasteiger partial charge in [0.2, 0.25) is 11.8 Å². The van der Waals surface area contributed by atoms with Crippen molar-refractivity contribution in [2.75, 3.05) is 24.0 Å². The zero-order valence-electron chi connectivity index (χ0n) is 23.6. The Bertz CT molecular complexity index is 1470. The Hall–Kier alpha value is -3.34. The number of halogens is 3. The number of anilines is 1. The third-order valence-electron chi connectivity index (χ3n) is 6.45. The van der Waals surface area contributed by atoms with Gasteiger partial charge in [0.1, 0.15) is 24.2 Å². The van der Waals surface area contributed by atoms with Crippen LogP contribution in [-0.2, 0) is 26.2 Å². The molecule has 8 nitrogen and oxygen atoms in total. The minimum Gasteiger partial charge on any atom is -0.494 e. The number of ether oxygens (including phenoxy) is 1. The first-order valence-electron chi connectivity index (χ1n) is 13.5. The summed E-state index contributed by atoms with van der Waals surface area (Å²) in [6.45, 7) is 5.50. The lowest BCUT2D eigenvalue weighted by molar-refractivity contribution is -0.139. The van der Waals surface area contributed by atoms with Crippen LogP contribution in [0.4, 0.5) is 10.1 Å². The van der Waals surface area contributed by atoms with Crippen LogP contribution in [0.15, 0.2) is 71.6 Å². The largest absolute Gasteiger partial charge is 0.494 e. The summed E-state index contributed by atoms with van der Waals surface area (Å²) in [7, 11) is -4.31. The molecule has 0 aliphatic rings. The van der Waals surface area contributed by atoms with Gasteiger partial charge in [-0.1, -0.05) is 42.6 Å². The Morgan fingerprint density at radius 1 is 0.976 bits per heavy atom. The highest BCUT2D eigenvalue weighted by Gasteiger charge is 2.32. The van der Waals surface area contributed by atoms with Crippen LogP contribution in [-0.4, -0.2) is 50.9 Å². The van der Waals surface area contributed by atoms with Gasteiger partial charge in [-0.2, -0.15) is 0 Å². The molecule has 1 unspecified atom stereocenters. The van der Waals surface area contributed by atoms with Gasteiger partial charge in [-0.15, -0.1) is 0 Å². The molecule has 0 aliphatic carbocycles. The second-order valence-electron chi connectivity index (χ2n) is 9.48. The van der Waals surface area contributed by atoms with Crippen molar-refractivity contribution < 1.29 is 27.1 Å². The van der Waals surface area contributed by atoms with Crippen molar-refractivity contribution in [1.82, 2.24) is 10.2 Å². The fraction of sp³-hybridized carbons (Fsp3) is 0.333. The smallest absolute Gasteiger partial charge is 0.264 e. The zero-order chi connectivity index (χ0) is 30.9. The number of sulfonamides is 1. The number of amides is 2. The monoisotopic (exact) mass is 637 g/mol. The summed E-state index contributed by atoms with van der Waals surface area (Å²) in [6.07, 6.45) is 1.63. The van der Waals surface area contributed by atoms with Gasteiger partial charge >= 0.3 is 0 Å². The number of carbonyl (C=O) groups is 2. The van der Waals surface area contributed by atoms with E-state index < -0.39 is 34.3 Å². The predicted molar refractivity (Wildman–Crippen MR) is 163 cm³/mol. The van der Waals surface area contributed by atoms with Crippen LogP contribution < -0.4 is 14.4 Å². The molecule has 1 atom stereocenters. The van der Waals surface area contributed by atoms with Gasteiger partial charge in [-0.25, -0.2) is 12.8 Å². The van der Waals surface area contributed by atoms with Crippen molar-refractivity contribution in [2.24, 2.45) is 0 Å². The molecule has 2 amide bonds. The van der Waals surface area contributed by atoms with Gasteiger partial charge in [0.15, 0.2) is 0 Å². The fourth-order valence-corrected chi connectivity index (χ4v) is 5.83. The molecular weight excluding hydrogens is 604 g/mol. The van der Waals surface area contributed by atoms with Gasteiger partial charge in [0.25, 0.3) is 10.0 Å². The molecule has 42 heavy (non-hydrogen) atoms. The number of rotatable bonds is 14. The minimum absolute atomic E-state index is 0.0432. The maximum atomic E-state index is 13.9. The molecular formula is C30H34Cl2FN3O5S. The SMILES string of the molecule is CCCCNC(=O)C(C)N(Cc1ccc(Cl)c(Cl)c1)C(=O)CN(c1ccc(F)cc1)S(=O)(=O)c1ccc(OCC)cc1. The number of hydrogen-bond acceptors (Lipinski definition) is 5. The van der Waals surface area contributed by atoms with Gasteiger partial charge in [0, 0.05) is 13.1 Å². The van der Waals surface area contributed by atoms with Crippen LogP contribution in [0.1, 0.15) is 39.2 Å². The average Bonchev–Trinajstić information content (AvgIpc) is 2.97. The average molecular weight is 639 g/mol. The zero-order valence-corrected chi connectivity index (χ0v) is 26.0. The molecule has 12 heteroatoms. The summed E-state index contributed by atoms with van der Waals surface area (Å²) in [5.74, 6) is -1.13. The number of hydrogen-bond donors (Lipinski definition) is 1. The first-order valence-corrected chi connectivity index (χ1v) is 15.7. The molecule has 3 aromatic rings. The van der Waals surface area contributed by atoms with E-state index >= 15 is 0 Å². The maximum Gasteiger partial charge on any atom is 0.264 e. The topological polar surface area (TPSA) is 96.0 Å². The second-order valence-corrected chi connectivity index (χ2v) is 12.2. The number of benzene rings is 3. The maximum absolute atomic E-state index is 13.9. The molecule has 0 heterocycles. The Balaban J connectivity index is 2.00. The summed E-state index contributed by atoms with van der Waals surface area (Å²) in [6, 6.07) is 14.4. The number of nitrogens with zero attached hydrogens (tertiary/aromatic N) is 2. The lowest BCUT2D eigenvalue weighted by atomic mass is 10.1. The van der Waals surface area contributed by atoms with Crippen molar-refractivity contribution in [2.45, 2.75) is 51.1 Å². The molecule has 0 aliphatic heterocycles. The molecule has 1 N–H and O–H groups in total. The first-order chi connectivity index (χ1) is 20.0. The van der Waals surface area contributed by atoms with Crippen molar-refractivity contribution in [3.63, 3.8) is 0 Å². The quantitative estimate of drug-likeness (QED) is 0.217. The van der Waals surface area contributed by atoms with Gasteiger partial charge in [-0.3, -0.25) is 13.9 Å². The molecule has 0 fully saturated rings. The van der Waals surface area contributed by atoms with E-state index in [4.69, 9.17) is 27.9 Å². The van der Waals surface area contributed by atoms with E-state index in [9.17, 15) is 22.4 Å². The van der Waals surface area contributed by atoms with E-state index in [1.807, 2.05) is 6.92 Å². The van der Waals surface area contributed by atoms with Crippen molar-refractivity contribution in [3.8, 4) is 5.75 Å². The highest BCUT2D eigenvalue weighted by Crippen LogP contribution is 2.27. The third-order valence-corrected chi connectivity index (χ3v) is 8.98. The molecule has 0 saturated carbocycles. The Morgan fingerprint density at radius 3 is 2.24 bits per heavy atom. The molecule has 3 rings (SSSR count). The summed E-state index contributed by atoms with van der Waals surface area (Å²) in [5.41, 5.74) is 0.668. The molecule has 0 radical (unpaired) electrons. The number of nitrogens with one attached hydrogen (secondary N) is 1. The highest BCUT2D eigenvalue weighted by molar-refractivity contribution is 7.92. The van der Waals surface area contributed by atoms with Gasteiger partial charge in [0.05, 0.1) is 27.2 Å². The van der Waals surface area contributed by atoms with E-state index in [-0.39, 0.29) is 28.1 Å². The third kappa shape index (κ3) is 8.59. The van der Waals surface area contributed by atoms with Crippen molar-refractivity contribution in [1.29, 1.82) is 0 Å². The Morgan fingerprint density at radius 2 is 1.64 bits per heavy atom. The summed E-state index contributed by atoms with van der Waals surface area (Å²) in [5, 5.41) is 3.42. The van der Waals surface area contributed by atoms with E-state index in [0.717, 1.165) is 29.3 Å². The molecule has 0 spiro atoms. The van der Waals surface area contributed by atoms with E-state index in [0.29, 0.717) is 29.5 Å². The lowest BCUT2D eigenvalue weighted by Crippen LogP contribution is -2.51. The summed E-state index contributed by atoms with van der Waals surface area (Å²) in [4.78, 5) is 28.2. The van der Waals surface area contributed by atoms with Gasteiger partial charge < -0.3 is 15.0 Å². The summed E-state index contributed by atoms with van der Waals surface area (Å²) >= 11 is 12.3. The predicted octanol–water partition coefficient (Wildman–Crippen LogP) is 6.06. The Kier molecular flexibility index (Phi) is 12.0. The van der Waals surface area contributed by atoms with Crippen LogP contribution in [0.5, 0.6) is 5.75 Å². The molecule has 3 aromatic carbocycles. The number of carbonyl (C=O) groups excluding carboxylic acids is 2. The van der Waals surface area contributed by atoms with E-state index in [1.165, 1.54) is 41.3 Å². The van der Waals surface area contributed by atoms with E-state index in [2.05, 4.69) is 5.32 Å². The Labute approximate surface area is 256 Å². The van der Waals surface area contributed by atoms with Crippen LogP contribution in [0.25, 0.3) is 0 Å². The molecule has 226 valence electrons. The standard InChI is InChI=1S/C30H34Cl2FN3O5S/c1-4-6-17-34-30(38)21(3)35(19-22-7-16-27(31)28(32)18-22)29(37)20-36(24-10-8-23(33)9-11-24)42(39,40)26-14-12-25(13-15-26)41-5-2/h7-16,18,21H,4-6,17,19-20H2,1-3H3,(H,34,38). The second kappa shape index (κ2) is 15.2. The normalized spacial score (nSPS) is 12.0. The van der Waals surface area contributed by atoms with Crippen molar-refractivity contribution in [3.05, 3.63) is 88.2 Å². The van der Waals surface area contributed by atoms with Crippen LogP contribution >= 0.6 is 23.2 Å². The van der Waals surface area contributed by atoms with Crippen LogP contribution in [0, 0.1) is 5.82 Å². The molecule has 0 aromatic heterocycles. The highest BCUT2D eigenvalue weighted by atomic mass is 35.5.